The van der Waals surface area contributed by atoms with Gasteiger partial charge in [-0.1, -0.05) is 337 Å². The molecular formula is C76H148O17P2. The summed E-state index contributed by atoms with van der Waals surface area (Å²) in [4.78, 5) is 72.7. The molecule has 0 aliphatic heterocycles. The molecule has 0 aromatic rings. The highest BCUT2D eigenvalue weighted by Crippen LogP contribution is 2.45. The topological polar surface area (TPSA) is 237 Å². The number of hydrogen-bond donors (Lipinski definition) is 3. The maximum atomic E-state index is 13.1. The van der Waals surface area contributed by atoms with E-state index in [1.807, 2.05) is 0 Å². The second-order valence-corrected chi connectivity index (χ2v) is 31.7. The molecule has 3 N–H and O–H groups in total. The Kier molecular flexibility index (Phi) is 65.2. The molecule has 0 fully saturated rings. The Morgan fingerprint density at radius 1 is 0.284 bits per heavy atom. The van der Waals surface area contributed by atoms with Crippen LogP contribution in [0.5, 0.6) is 0 Å². The van der Waals surface area contributed by atoms with Gasteiger partial charge < -0.3 is 33.8 Å². The molecule has 0 bridgehead atoms. The first-order valence-electron chi connectivity index (χ1n) is 39.3. The van der Waals surface area contributed by atoms with E-state index >= 15 is 0 Å². The van der Waals surface area contributed by atoms with E-state index in [4.69, 9.17) is 37.0 Å². The number of hydrogen-bond acceptors (Lipinski definition) is 15. The highest BCUT2D eigenvalue weighted by atomic mass is 31.2. The molecule has 564 valence electrons. The van der Waals surface area contributed by atoms with E-state index < -0.39 is 97.5 Å². The molecule has 0 saturated heterocycles. The quantitative estimate of drug-likeness (QED) is 0.0222. The van der Waals surface area contributed by atoms with Gasteiger partial charge in [-0.3, -0.25) is 37.3 Å². The van der Waals surface area contributed by atoms with Crippen LogP contribution in [0.2, 0.25) is 0 Å². The maximum Gasteiger partial charge on any atom is 0.472 e. The fourth-order valence-corrected chi connectivity index (χ4v) is 13.2. The van der Waals surface area contributed by atoms with Gasteiger partial charge in [0.25, 0.3) is 0 Å². The molecule has 0 aliphatic carbocycles. The molecular weight excluding hydrogens is 1250 g/mol. The normalized spacial score (nSPS) is 14.1. The van der Waals surface area contributed by atoms with Crippen LogP contribution < -0.4 is 0 Å². The van der Waals surface area contributed by atoms with Crippen LogP contribution in [0.1, 0.15) is 389 Å². The van der Waals surface area contributed by atoms with Gasteiger partial charge in [0.15, 0.2) is 12.2 Å². The third kappa shape index (κ3) is 70.3. The van der Waals surface area contributed by atoms with Gasteiger partial charge in [-0.05, 0) is 43.4 Å². The molecule has 2 unspecified atom stereocenters. The molecule has 0 saturated carbocycles. The number of aliphatic hydroxyl groups is 1. The molecule has 0 aromatic heterocycles. The Morgan fingerprint density at radius 2 is 0.484 bits per heavy atom. The van der Waals surface area contributed by atoms with Gasteiger partial charge >= 0.3 is 39.5 Å². The van der Waals surface area contributed by atoms with E-state index in [1.165, 1.54) is 193 Å². The zero-order valence-electron chi connectivity index (χ0n) is 62.1. The van der Waals surface area contributed by atoms with Crippen molar-refractivity contribution in [3.63, 3.8) is 0 Å². The lowest BCUT2D eigenvalue weighted by Gasteiger charge is -2.21. The monoisotopic (exact) mass is 1400 g/mol. The Labute approximate surface area is 581 Å². The lowest BCUT2D eigenvalue weighted by Crippen LogP contribution is -2.30. The van der Waals surface area contributed by atoms with Crippen molar-refractivity contribution < 1.29 is 80.2 Å². The third-order valence-electron chi connectivity index (χ3n) is 17.6. The number of carbonyl (C=O) groups is 4. The second-order valence-electron chi connectivity index (χ2n) is 28.8. The predicted octanol–water partition coefficient (Wildman–Crippen LogP) is 22.2. The first-order valence-corrected chi connectivity index (χ1v) is 42.3. The van der Waals surface area contributed by atoms with E-state index in [9.17, 15) is 43.2 Å². The molecule has 19 heteroatoms. The highest BCUT2D eigenvalue weighted by Gasteiger charge is 2.30. The number of esters is 4. The van der Waals surface area contributed by atoms with Crippen molar-refractivity contribution in [3.05, 3.63) is 0 Å². The minimum atomic E-state index is -4.96. The predicted molar refractivity (Wildman–Crippen MR) is 386 cm³/mol. The first-order chi connectivity index (χ1) is 45.7. The van der Waals surface area contributed by atoms with Gasteiger partial charge in [0.2, 0.25) is 0 Å². The van der Waals surface area contributed by atoms with Gasteiger partial charge in [0.05, 0.1) is 26.4 Å². The molecule has 0 radical (unpaired) electrons. The van der Waals surface area contributed by atoms with Crippen LogP contribution in [0.25, 0.3) is 0 Å². The molecule has 0 amide bonds. The lowest BCUT2D eigenvalue weighted by molar-refractivity contribution is -0.161. The fraction of sp³-hybridized carbons (Fsp3) is 0.947. The van der Waals surface area contributed by atoms with Crippen LogP contribution in [0.4, 0.5) is 0 Å². The number of phosphoric ester groups is 2. The van der Waals surface area contributed by atoms with Gasteiger partial charge in [0, 0.05) is 25.7 Å². The molecule has 17 nitrogen and oxygen atoms in total. The zero-order valence-corrected chi connectivity index (χ0v) is 63.9. The van der Waals surface area contributed by atoms with E-state index in [0.717, 1.165) is 108 Å². The van der Waals surface area contributed by atoms with E-state index in [0.29, 0.717) is 31.6 Å². The number of rotatable bonds is 74. The molecule has 95 heavy (non-hydrogen) atoms. The summed E-state index contributed by atoms with van der Waals surface area (Å²) in [6.07, 6.45) is 53.0. The molecule has 0 heterocycles. The Hall–Kier alpha value is -1.94. The van der Waals surface area contributed by atoms with Crippen molar-refractivity contribution in [3.8, 4) is 0 Å². The minimum Gasteiger partial charge on any atom is -0.462 e. The van der Waals surface area contributed by atoms with E-state index in [1.54, 1.807) is 0 Å². The molecule has 5 atom stereocenters. The molecule has 0 rings (SSSR count). The summed E-state index contributed by atoms with van der Waals surface area (Å²) in [5, 5.41) is 10.6. The van der Waals surface area contributed by atoms with Crippen molar-refractivity contribution in [2.75, 3.05) is 39.6 Å². The summed E-state index contributed by atoms with van der Waals surface area (Å²) in [5.41, 5.74) is 0. The Bertz CT molecular complexity index is 1850. The Balaban J connectivity index is 5.19. The summed E-state index contributed by atoms with van der Waals surface area (Å²) in [7, 11) is -9.91. The summed E-state index contributed by atoms with van der Waals surface area (Å²) in [5.74, 6) is 0.0634. The largest absolute Gasteiger partial charge is 0.472 e. The van der Waals surface area contributed by atoms with Gasteiger partial charge in [0.1, 0.15) is 19.3 Å². The van der Waals surface area contributed by atoms with Gasteiger partial charge in [-0.25, -0.2) is 9.13 Å². The standard InChI is InChI=1S/C76H148O17P2/c1-8-9-10-11-12-13-14-15-16-17-18-19-20-21-22-23-24-29-37-45-52-59-75(80)92-71(63-86-73(78)57-50-43-36-30-25-27-33-40-47-54-67(2)3)65-90-94(82,83)88-61-70(77)62-89-95(84,85)91-66-72(64-87-74(79)58-51-44-39-32-35-42-49-56-69(6)7)93-76(81)60-53-46-38-31-26-28-34-41-48-55-68(4)5/h67-72,77H,8-66H2,1-7H3,(H,82,83)(H,84,85)/t70-,71-,72-/m1/s1. The summed E-state index contributed by atoms with van der Waals surface area (Å²) in [6.45, 7) is 11.8. The van der Waals surface area contributed by atoms with Crippen molar-refractivity contribution in [2.24, 2.45) is 17.8 Å². The zero-order chi connectivity index (χ0) is 70.1. The number of unbranched alkanes of at least 4 members (excludes halogenated alkanes) is 42. The third-order valence-corrected chi connectivity index (χ3v) is 19.5. The minimum absolute atomic E-state index is 0.104. The summed E-state index contributed by atoms with van der Waals surface area (Å²) >= 11 is 0. The Morgan fingerprint density at radius 3 is 0.716 bits per heavy atom. The first kappa shape index (κ1) is 93.1. The second kappa shape index (κ2) is 66.6. The van der Waals surface area contributed by atoms with Crippen LogP contribution in [-0.4, -0.2) is 96.7 Å². The van der Waals surface area contributed by atoms with Gasteiger partial charge in [-0.15, -0.1) is 0 Å². The van der Waals surface area contributed by atoms with Crippen molar-refractivity contribution in [1.82, 2.24) is 0 Å². The molecule has 0 spiro atoms. The van der Waals surface area contributed by atoms with E-state index in [-0.39, 0.29) is 25.7 Å². The number of aliphatic hydroxyl groups excluding tert-OH is 1. The van der Waals surface area contributed by atoms with Gasteiger partial charge in [-0.2, -0.15) is 0 Å². The van der Waals surface area contributed by atoms with Crippen LogP contribution >= 0.6 is 15.6 Å². The maximum absolute atomic E-state index is 13.1. The summed E-state index contributed by atoms with van der Waals surface area (Å²) in [6, 6.07) is 0. The average Bonchev–Trinajstić information content (AvgIpc) is 2.66. The van der Waals surface area contributed by atoms with E-state index in [2.05, 4.69) is 48.5 Å². The number of carbonyl (C=O) groups excluding carboxylic acids is 4. The average molecular weight is 1400 g/mol. The molecule has 0 aliphatic rings. The fourth-order valence-electron chi connectivity index (χ4n) is 11.6. The lowest BCUT2D eigenvalue weighted by atomic mass is 10.0. The molecule has 0 aromatic carbocycles. The van der Waals surface area contributed by atoms with Crippen molar-refractivity contribution >= 4 is 39.5 Å². The van der Waals surface area contributed by atoms with Crippen molar-refractivity contribution in [2.45, 2.75) is 407 Å². The number of phosphoric acid groups is 2. The SMILES string of the molecule is CCCCCCCCCCCCCCCCCCCCCCCC(=O)O[C@H](COC(=O)CCCCCCCCCCCC(C)C)COP(=O)(O)OC[C@@H](O)COP(=O)(O)OC[C@@H](COC(=O)CCCCCCCCCC(C)C)OC(=O)CCCCCCCCCCCC(C)C. The van der Waals surface area contributed by atoms with Crippen LogP contribution in [0, 0.1) is 17.8 Å². The smallest absolute Gasteiger partial charge is 0.462 e. The number of ether oxygens (including phenoxy) is 4. The summed E-state index contributed by atoms with van der Waals surface area (Å²) < 4.78 is 68.5. The van der Waals surface area contributed by atoms with Crippen molar-refractivity contribution in [1.29, 1.82) is 0 Å². The van der Waals surface area contributed by atoms with Crippen LogP contribution in [-0.2, 0) is 65.4 Å². The highest BCUT2D eigenvalue weighted by molar-refractivity contribution is 7.47. The van der Waals surface area contributed by atoms with Crippen LogP contribution in [0.3, 0.4) is 0 Å². The van der Waals surface area contributed by atoms with Crippen LogP contribution in [0.15, 0.2) is 0 Å².